The van der Waals surface area contributed by atoms with E-state index in [4.69, 9.17) is 15.2 Å². The van der Waals surface area contributed by atoms with E-state index in [0.29, 0.717) is 12.8 Å². The Bertz CT molecular complexity index is 494. The number of nitrogens with two attached hydrogens (primary N) is 1. The van der Waals surface area contributed by atoms with Crippen LogP contribution in [0.1, 0.15) is 71.1 Å². The van der Waals surface area contributed by atoms with Crippen molar-refractivity contribution >= 4 is 17.9 Å². The number of hydrogen-bond donors (Lipinski definition) is 2. The predicted molar refractivity (Wildman–Crippen MR) is 89.4 cm³/mol. The number of esters is 2. The Kier molecular flexibility index (Phi) is 6.81. The topological polar surface area (TPSA) is 116 Å². The third-order valence-corrected chi connectivity index (χ3v) is 5.52. The maximum absolute atomic E-state index is 12.3. The molecule has 0 aromatic carbocycles. The molecule has 142 valence electrons. The minimum absolute atomic E-state index is 0.146. The lowest BCUT2D eigenvalue weighted by molar-refractivity contribution is -0.193. The van der Waals surface area contributed by atoms with Crippen molar-refractivity contribution in [3.05, 3.63) is 0 Å². The first-order valence-electron chi connectivity index (χ1n) is 9.27. The van der Waals surface area contributed by atoms with E-state index in [-0.39, 0.29) is 11.9 Å². The molecule has 0 spiro atoms. The molecule has 0 radical (unpaired) electrons. The molecular formula is C18H29NO6. The molecule has 2 fully saturated rings. The van der Waals surface area contributed by atoms with Crippen molar-refractivity contribution in [2.24, 2.45) is 17.1 Å². The highest BCUT2D eigenvalue weighted by atomic mass is 16.7. The summed E-state index contributed by atoms with van der Waals surface area (Å²) in [4.78, 5) is 36.1. The van der Waals surface area contributed by atoms with Crippen LogP contribution in [0.5, 0.6) is 0 Å². The van der Waals surface area contributed by atoms with Crippen LogP contribution < -0.4 is 5.73 Å². The number of carbonyl (C=O) groups is 3. The van der Waals surface area contributed by atoms with Gasteiger partial charge in [0.2, 0.25) is 6.29 Å². The van der Waals surface area contributed by atoms with E-state index in [1.165, 1.54) is 6.92 Å². The van der Waals surface area contributed by atoms with Gasteiger partial charge in [0, 0.05) is 6.92 Å². The van der Waals surface area contributed by atoms with Gasteiger partial charge in [-0.15, -0.1) is 0 Å². The summed E-state index contributed by atoms with van der Waals surface area (Å²) in [6.07, 6.45) is 6.74. The summed E-state index contributed by atoms with van der Waals surface area (Å²) in [5.74, 6) is -2.40. The number of carbonyl (C=O) groups excluding carboxylic acids is 2. The number of carboxylic acids is 1. The van der Waals surface area contributed by atoms with Crippen molar-refractivity contribution < 1.29 is 29.0 Å². The number of ether oxygens (including phenoxy) is 2. The van der Waals surface area contributed by atoms with Gasteiger partial charge >= 0.3 is 17.9 Å². The van der Waals surface area contributed by atoms with E-state index >= 15 is 0 Å². The van der Waals surface area contributed by atoms with Crippen LogP contribution in [0.15, 0.2) is 0 Å². The van der Waals surface area contributed by atoms with Crippen LogP contribution in [0, 0.1) is 11.3 Å². The van der Waals surface area contributed by atoms with E-state index in [1.807, 2.05) is 0 Å². The highest BCUT2D eigenvalue weighted by Gasteiger charge is 2.49. The highest BCUT2D eigenvalue weighted by molar-refractivity contribution is 5.87. The fraction of sp³-hybridized carbons (Fsp3) is 0.833. The summed E-state index contributed by atoms with van der Waals surface area (Å²) in [5.41, 5.74) is 4.66. The van der Waals surface area contributed by atoms with Gasteiger partial charge in [-0.2, -0.15) is 0 Å². The van der Waals surface area contributed by atoms with Crippen molar-refractivity contribution in [2.75, 3.05) is 0 Å². The molecular weight excluding hydrogens is 326 g/mol. The van der Waals surface area contributed by atoms with Crippen LogP contribution in [0.2, 0.25) is 0 Å². The Balaban J connectivity index is 1.90. The van der Waals surface area contributed by atoms with Gasteiger partial charge in [0.15, 0.2) is 0 Å². The minimum atomic E-state index is -1.29. The fourth-order valence-electron chi connectivity index (χ4n) is 3.93. The number of hydrogen-bond acceptors (Lipinski definition) is 6. The second-order valence-electron chi connectivity index (χ2n) is 7.28. The first-order valence-corrected chi connectivity index (χ1v) is 9.27. The zero-order chi connectivity index (χ0) is 18.4. The van der Waals surface area contributed by atoms with Gasteiger partial charge in [0.25, 0.3) is 0 Å². The van der Waals surface area contributed by atoms with E-state index in [9.17, 15) is 19.5 Å². The zero-order valence-corrected chi connectivity index (χ0v) is 14.9. The molecule has 0 aliphatic heterocycles. The molecule has 0 aromatic heterocycles. The summed E-state index contributed by atoms with van der Waals surface area (Å²) >= 11 is 0. The molecule has 2 aliphatic carbocycles. The lowest BCUT2D eigenvalue weighted by Gasteiger charge is -2.36. The standard InChI is InChI=1S/C18H29NO6/c1-12(24-15(20)13-8-4-2-5-9-13)25-16(21)14(19)18(17(22)23)10-6-3-7-11-18/h12-14H,2-11,19H2,1H3,(H,22,23). The van der Waals surface area contributed by atoms with Gasteiger partial charge in [0.05, 0.1) is 11.3 Å². The first kappa shape index (κ1) is 19.7. The van der Waals surface area contributed by atoms with E-state index in [2.05, 4.69) is 0 Å². The average Bonchev–Trinajstić information content (AvgIpc) is 2.62. The monoisotopic (exact) mass is 355 g/mol. The maximum atomic E-state index is 12.3. The maximum Gasteiger partial charge on any atom is 0.327 e. The number of aliphatic carboxylic acids is 1. The quantitative estimate of drug-likeness (QED) is 0.555. The second-order valence-corrected chi connectivity index (χ2v) is 7.28. The summed E-state index contributed by atoms with van der Waals surface area (Å²) < 4.78 is 10.3. The van der Waals surface area contributed by atoms with Crippen LogP contribution in [0.25, 0.3) is 0 Å². The lowest BCUT2D eigenvalue weighted by atomic mass is 9.69. The van der Waals surface area contributed by atoms with Crippen LogP contribution in [0.4, 0.5) is 0 Å². The summed E-state index contributed by atoms with van der Waals surface area (Å²) in [6.45, 7) is 1.46. The SMILES string of the molecule is CC(OC(=O)C1CCCCC1)OC(=O)C(N)C1(C(=O)O)CCCCC1. The molecule has 0 aromatic rings. The zero-order valence-electron chi connectivity index (χ0n) is 14.9. The van der Waals surface area contributed by atoms with Crippen molar-refractivity contribution in [3.63, 3.8) is 0 Å². The first-order chi connectivity index (χ1) is 11.9. The largest absolute Gasteiger partial charge is 0.481 e. The smallest absolute Gasteiger partial charge is 0.327 e. The predicted octanol–water partition coefficient (Wildman–Crippen LogP) is 2.36. The van der Waals surface area contributed by atoms with Gasteiger partial charge < -0.3 is 20.3 Å². The molecule has 0 saturated heterocycles. The van der Waals surface area contributed by atoms with E-state index < -0.39 is 29.7 Å². The molecule has 0 heterocycles. The Morgan fingerprint density at radius 2 is 1.56 bits per heavy atom. The third-order valence-electron chi connectivity index (χ3n) is 5.52. The van der Waals surface area contributed by atoms with Crippen LogP contribution >= 0.6 is 0 Å². The number of rotatable bonds is 6. The van der Waals surface area contributed by atoms with Gasteiger partial charge in [0.1, 0.15) is 6.04 Å². The summed E-state index contributed by atoms with van der Waals surface area (Å²) in [5, 5.41) is 9.58. The van der Waals surface area contributed by atoms with Crippen LogP contribution in [0.3, 0.4) is 0 Å². The van der Waals surface area contributed by atoms with Crippen molar-refractivity contribution in [1.82, 2.24) is 0 Å². The molecule has 7 heteroatoms. The fourth-order valence-corrected chi connectivity index (χ4v) is 3.93. The minimum Gasteiger partial charge on any atom is -0.481 e. The number of carboxylic acid groups (broad SMARTS) is 1. The Labute approximate surface area is 148 Å². The van der Waals surface area contributed by atoms with Gasteiger partial charge in [-0.25, -0.2) is 0 Å². The third kappa shape index (κ3) is 4.71. The normalized spacial score (nSPS) is 23.3. The molecule has 25 heavy (non-hydrogen) atoms. The molecule has 0 amide bonds. The molecule has 0 bridgehead atoms. The van der Waals surface area contributed by atoms with Crippen molar-refractivity contribution in [3.8, 4) is 0 Å². The molecule has 2 rings (SSSR count). The molecule has 3 N–H and O–H groups in total. The van der Waals surface area contributed by atoms with Gasteiger partial charge in [-0.3, -0.25) is 14.4 Å². The lowest BCUT2D eigenvalue weighted by Crippen LogP contribution is -2.54. The molecule has 2 atom stereocenters. The van der Waals surface area contributed by atoms with Gasteiger partial charge in [-0.1, -0.05) is 38.5 Å². The van der Waals surface area contributed by atoms with Gasteiger partial charge in [-0.05, 0) is 25.7 Å². The van der Waals surface area contributed by atoms with E-state index in [1.54, 1.807) is 0 Å². The van der Waals surface area contributed by atoms with Crippen molar-refractivity contribution in [2.45, 2.75) is 83.5 Å². The molecule has 2 saturated carbocycles. The van der Waals surface area contributed by atoms with Crippen LogP contribution in [-0.2, 0) is 23.9 Å². The Hall–Kier alpha value is -1.63. The highest BCUT2D eigenvalue weighted by Crippen LogP contribution is 2.39. The average molecular weight is 355 g/mol. The van der Waals surface area contributed by atoms with E-state index in [0.717, 1.165) is 51.4 Å². The van der Waals surface area contributed by atoms with Crippen molar-refractivity contribution in [1.29, 1.82) is 0 Å². The summed E-state index contributed by atoms with van der Waals surface area (Å²) in [7, 11) is 0. The Morgan fingerprint density at radius 3 is 2.12 bits per heavy atom. The molecule has 2 unspecified atom stereocenters. The summed E-state index contributed by atoms with van der Waals surface area (Å²) in [6, 6.07) is -1.26. The molecule has 2 aliphatic rings. The molecule has 7 nitrogen and oxygen atoms in total. The van der Waals surface area contributed by atoms with Crippen LogP contribution in [-0.4, -0.2) is 35.3 Å². The second kappa shape index (κ2) is 8.65. The Morgan fingerprint density at radius 1 is 1.00 bits per heavy atom.